The Labute approximate surface area is 139 Å². The predicted octanol–water partition coefficient (Wildman–Crippen LogP) is 3.12. The Hall–Kier alpha value is -1.88. The number of hydrogen-bond donors (Lipinski definition) is 2. The molecule has 5 nitrogen and oxygen atoms in total. The minimum atomic E-state index is -0.248. The van der Waals surface area contributed by atoms with Crippen molar-refractivity contribution in [2.45, 2.75) is 65.3 Å². The Kier molecular flexibility index (Phi) is 4.80. The maximum Gasteiger partial charge on any atom is 0.324 e. The molecule has 1 heterocycles. The van der Waals surface area contributed by atoms with E-state index in [4.69, 9.17) is 4.99 Å². The molecule has 0 radical (unpaired) electrons. The van der Waals surface area contributed by atoms with Crippen LogP contribution in [0.5, 0.6) is 0 Å². The van der Waals surface area contributed by atoms with Crippen molar-refractivity contribution in [3.63, 3.8) is 0 Å². The van der Waals surface area contributed by atoms with E-state index in [1.54, 1.807) is 4.90 Å². The van der Waals surface area contributed by atoms with Crippen LogP contribution < -0.4 is 10.6 Å². The number of nitrogens with one attached hydrogen (secondary N) is 2. The fourth-order valence-corrected chi connectivity index (χ4v) is 2.46. The summed E-state index contributed by atoms with van der Waals surface area (Å²) in [5, 5.41) is 6.43. The van der Waals surface area contributed by atoms with E-state index in [0.717, 1.165) is 5.56 Å². The van der Waals surface area contributed by atoms with Gasteiger partial charge >= 0.3 is 6.03 Å². The van der Waals surface area contributed by atoms with Gasteiger partial charge in [0.1, 0.15) is 12.0 Å². The average Bonchev–Trinajstić information content (AvgIpc) is 2.64. The van der Waals surface area contributed by atoms with Gasteiger partial charge in [-0.3, -0.25) is 20.5 Å². The van der Waals surface area contributed by atoms with E-state index >= 15 is 0 Å². The first-order valence-corrected chi connectivity index (χ1v) is 8.04. The van der Waals surface area contributed by atoms with Crippen molar-refractivity contribution in [2.75, 3.05) is 0 Å². The molecule has 1 aromatic rings. The molecule has 1 aromatic carbocycles. The van der Waals surface area contributed by atoms with Crippen LogP contribution >= 0.6 is 0 Å². The van der Waals surface area contributed by atoms with E-state index < -0.39 is 0 Å². The third-order valence-corrected chi connectivity index (χ3v) is 3.29. The molecular formula is C18H28N4O. The number of benzene rings is 1. The van der Waals surface area contributed by atoms with E-state index in [0.29, 0.717) is 12.4 Å². The van der Waals surface area contributed by atoms with Gasteiger partial charge in [0.15, 0.2) is 0 Å². The van der Waals surface area contributed by atoms with Crippen LogP contribution in [0.4, 0.5) is 4.79 Å². The fraction of sp³-hybridized carbons (Fsp3) is 0.556. The van der Waals surface area contributed by atoms with E-state index in [1.165, 1.54) is 0 Å². The van der Waals surface area contributed by atoms with Gasteiger partial charge in [-0.1, -0.05) is 30.3 Å². The highest BCUT2D eigenvalue weighted by molar-refractivity contribution is 6.07. The molecule has 1 aliphatic heterocycles. The number of carbonyl (C=O) groups excluding carboxylic acids is 1. The Morgan fingerprint density at radius 2 is 1.74 bits per heavy atom. The van der Waals surface area contributed by atoms with E-state index in [9.17, 15) is 4.79 Å². The van der Waals surface area contributed by atoms with E-state index in [-0.39, 0.29) is 23.3 Å². The summed E-state index contributed by atoms with van der Waals surface area (Å²) in [6.07, 6.45) is -0.248. The first-order chi connectivity index (χ1) is 10.6. The van der Waals surface area contributed by atoms with Gasteiger partial charge in [0, 0.05) is 12.1 Å². The smallest absolute Gasteiger partial charge is 0.297 e. The van der Waals surface area contributed by atoms with Crippen molar-refractivity contribution >= 4 is 11.9 Å². The topological polar surface area (TPSA) is 56.7 Å². The third-order valence-electron chi connectivity index (χ3n) is 3.29. The minimum absolute atomic E-state index is 0.112. The van der Waals surface area contributed by atoms with E-state index in [1.807, 2.05) is 51.1 Å². The molecule has 1 aliphatic rings. The maximum absolute atomic E-state index is 12.5. The molecule has 0 unspecified atom stereocenters. The molecule has 126 valence electrons. The largest absolute Gasteiger partial charge is 0.324 e. The summed E-state index contributed by atoms with van der Waals surface area (Å²) in [5.41, 5.74) is 0.716. The number of amides is 2. The molecule has 5 heteroatoms. The standard InChI is InChI=1S/C18H28N4O/c1-17(2,3)20-14-15(21-18(4,5)6)22(16(23)19-14)12-13-10-8-7-9-11-13/h7-11,15,21H,12H2,1-6H3,(H,19,20,23)/t15-/m1/s1. The summed E-state index contributed by atoms with van der Waals surface area (Å²) in [4.78, 5) is 19.0. The lowest BCUT2D eigenvalue weighted by Crippen LogP contribution is -2.53. The summed E-state index contributed by atoms with van der Waals surface area (Å²) in [6, 6.07) is 9.89. The Bertz CT molecular complexity index is 581. The van der Waals surface area contributed by atoms with Crippen LogP contribution in [-0.4, -0.2) is 34.0 Å². The number of urea groups is 1. The van der Waals surface area contributed by atoms with Crippen molar-refractivity contribution < 1.29 is 4.79 Å². The van der Waals surface area contributed by atoms with Crippen molar-refractivity contribution in [1.82, 2.24) is 15.5 Å². The van der Waals surface area contributed by atoms with Crippen molar-refractivity contribution in [2.24, 2.45) is 4.99 Å². The molecule has 0 aliphatic carbocycles. The van der Waals surface area contributed by atoms with Crippen molar-refractivity contribution in [3.05, 3.63) is 35.9 Å². The van der Waals surface area contributed by atoms with Crippen LogP contribution in [0, 0.1) is 0 Å². The molecule has 2 amide bonds. The van der Waals surface area contributed by atoms with Crippen LogP contribution in [-0.2, 0) is 6.54 Å². The molecular weight excluding hydrogens is 288 g/mol. The van der Waals surface area contributed by atoms with Gasteiger partial charge in [-0.15, -0.1) is 0 Å². The third kappa shape index (κ3) is 5.06. The van der Waals surface area contributed by atoms with Gasteiger partial charge < -0.3 is 0 Å². The Morgan fingerprint density at radius 1 is 1.13 bits per heavy atom. The number of nitrogens with zero attached hydrogens (tertiary/aromatic N) is 2. The second kappa shape index (κ2) is 6.32. The van der Waals surface area contributed by atoms with Crippen LogP contribution in [0.15, 0.2) is 35.3 Å². The summed E-state index contributed by atoms with van der Waals surface area (Å²) < 4.78 is 0. The second-order valence-electron chi connectivity index (χ2n) is 8.01. The number of rotatable bonds is 3. The first kappa shape index (κ1) is 17.5. The van der Waals surface area contributed by atoms with Gasteiger partial charge in [0.05, 0.1) is 5.54 Å². The lowest BCUT2D eigenvalue weighted by atomic mass is 10.1. The minimum Gasteiger partial charge on any atom is -0.297 e. The van der Waals surface area contributed by atoms with Gasteiger partial charge in [0.25, 0.3) is 0 Å². The summed E-state index contributed by atoms with van der Waals surface area (Å²) in [7, 11) is 0. The quantitative estimate of drug-likeness (QED) is 0.900. The second-order valence-corrected chi connectivity index (χ2v) is 8.01. The Morgan fingerprint density at radius 3 is 2.26 bits per heavy atom. The van der Waals surface area contributed by atoms with Gasteiger partial charge in [0.2, 0.25) is 0 Å². The highest BCUT2D eigenvalue weighted by Crippen LogP contribution is 2.18. The van der Waals surface area contributed by atoms with Gasteiger partial charge in [-0.2, -0.15) is 0 Å². The molecule has 2 N–H and O–H groups in total. The lowest BCUT2D eigenvalue weighted by molar-refractivity contribution is 0.184. The lowest BCUT2D eigenvalue weighted by Gasteiger charge is -2.31. The molecule has 1 fully saturated rings. The molecule has 23 heavy (non-hydrogen) atoms. The molecule has 0 aromatic heterocycles. The van der Waals surface area contributed by atoms with Crippen LogP contribution in [0.25, 0.3) is 0 Å². The summed E-state index contributed by atoms with van der Waals surface area (Å²) in [6.45, 7) is 12.9. The zero-order chi connectivity index (χ0) is 17.3. The normalized spacial score (nSPS) is 21.0. The van der Waals surface area contributed by atoms with Crippen molar-refractivity contribution in [1.29, 1.82) is 0 Å². The predicted molar refractivity (Wildman–Crippen MR) is 94.4 cm³/mol. The summed E-state index contributed by atoms with van der Waals surface area (Å²) in [5.74, 6) is 0.688. The maximum atomic E-state index is 12.5. The number of hydrogen-bond acceptors (Lipinski definition) is 3. The Balaban J connectivity index is 2.31. The van der Waals surface area contributed by atoms with Gasteiger partial charge in [-0.25, -0.2) is 4.79 Å². The number of aliphatic imine (C=N–C) groups is 1. The number of amidine groups is 1. The highest BCUT2D eigenvalue weighted by Gasteiger charge is 2.39. The van der Waals surface area contributed by atoms with E-state index in [2.05, 4.69) is 31.4 Å². The molecule has 0 spiro atoms. The molecule has 1 saturated heterocycles. The molecule has 2 rings (SSSR count). The SMILES string of the molecule is CC(C)(C)N=C1NC(=O)N(Cc2ccccc2)[C@H]1NC(C)(C)C. The highest BCUT2D eigenvalue weighted by atomic mass is 16.2. The monoisotopic (exact) mass is 316 g/mol. The van der Waals surface area contributed by atoms with Gasteiger partial charge in [-0.05, 0) is 47.1 Å². The first-order valence-electron chi connectivity index (χ1n) is 8.04. The van der Waals surface area contributed by atoms with Crippen molar-refractivity contribution in [3.8, 4) is 0 Å². The number of carbonyl (C=O) groups is 1. The average molecular weight is 316 g/mol. The van der Waals surface area contributed by atoms with Crippen LogP contribution in [0.2, 0.25) is 0 Å². The van der Waals surface area contributed by atoms with Crippen LogP contribution in [0.3, 0.4) is 0 Å². The zero-order valence-corrected chi connectivity index (χ0v) is 15.0. The molecule has 0 saturated carbocycles. The fourth-order valence-electron chi connectivity index (χ4n) is 2.46. The zero-order valence-electron chi connectivity index (χ0n) is 15.0. The molecule has 1 atom stereocenters. The van der Waals surface area contributed by atoms with Crippen LogP contribution in [0.1, 0.15) is 47.1 Å². The molecule has 0 bridgehead atoms. The summed E-state index contributed by atoms with van der Waals surface area (Å²) >= 11 is 0.